The van der Waals surface area contributed by atoms with Gasteiger partial charge in [0.1, 0.15) is 10.8 Å². The Bertz CT molecular complexity index is 956. The third-order valence-corrected chi connectivity index (χ3v) is 5.77. The molecule has 0 aliphatic heterocycles. The van der Waals surface area contributed by atoms with Gasteiger partial charge in [0.05, 0.1) is 23.4 Å². The molecule has 124 valence electrons. The van der Waals surface area contributed by atoms with Crippen molar-refractivity contribution in [3.05, 3.63) is 59.1 Å². The Hall–Kier alpha value is -2.71. The lowest BCUT2D eigenvalue weighted by molar-refractivity contribution is -0.120. The number of nitriles is 1. The van der Waals surface area contributed by atoms with Crippen molar-refractivity contribution in [1.29, 1.82) is 5.26 Å². The van der Waals surface area contributed by atoms with Crippen molar-refractivity contribution in [2.75, 3.05) is 7.11 Å². The molecule has 3 aromatic rings. The molecular weight excluding hydrogens is 332 g/mol. The van der Waals surface area contributed by atoms with E-state index in [1.54, 1.807) is 7.11 Å². The summed E-state index contributed by atoms with van der Waals surface area (Å²) in [6.07, 6.45) is 0.766. The highest BCUT2D eigenvalue weighted by molar-refractivity contribution is 7.18. The number of thiazole rings is 1. The lowest BCUT2D eigenvalue weighted by Crippen LogP contribution is -2.13. The van der Waals surface area contributed by atoms with E-state index < -0.39 is 5.92 Å². The van der Waals surface area contributed by atoms with Crippen LogP contribution in [0.5, 0.6) is 5.75 Å². The monoisotopic (exact) mass is 348 g/mol. The van der Waals surface area contributed by atoms with E-state index in [0.717, 1.165) is 28.0 Å². The zero-order chi connectivity index (χ0) is 17.4. The number of para-hydroxylation sites is 2. The number of hydrogen-bond donors (Lipinski definition) is 0. The number of ether oxygens (including phenoxy) is 1. The second kappa shape index (κ2) is 6.30. The van der Waals surface area contributed by atoms with Gasteiger partial charge in [-0.3, -0.25) is 4.79 Å². The van der Waals surface area contributed by atoms with Crippen molar-refractivity contribution in [2.24, 2.45) is 5.92 Å². The van der Waals surface area contributed by atoms with Gasteiger partial charge in [-0.05, 0) is 36.1 Å². The summed E-state index contributed by atoms with van der Waals surface area (Å²) in [5, 5.41) is 10.2. The van der Waals surface area contributed by atoms with Crippen LogP contribution in [0.4, 0.5) is 0 Å². The van der Waals surface area contributed by atoms with Crippen molar-refractivity contribution in [3.8, 4) is 11.8 Å². The number of ketones is 1. The molecule has 2 aromatic carbocycles. The number of carbonyl (C=O) groups is 1. The fraction of sp³-hybridized carbons (Fsp3) is 0.250. The van der Waals surface area contributed by atoms with E-state index >= 15 is 0 Å². The van der Waals surface area contributed by atoms with E-state index in [0.29, 0.717) is 5.01 Å². The maximum absolute atomic E-state index is 12.9. The van der Waals surface area contributed by atoms with Crippen molar-refractivity contribution in [2.45, 2.75) is 18.3 Å². The number of Topliss-reactive ketones (excluding diaryl/α,β-unsaturated/α-hetero) is 1. The van der Waals surface area contributed by atoms with Crippen LogP contribution in [-0.2, 0) is 4.79 Å². The second-order valence-corrected chi connectivity index (χ2v) is 7.24. The summed E-state index contributed by atoms with van der Waals surface area (Å²) in [6.45, 7) is 0. The number of carbonyl (C=O) groups excluding carboxylic acids is 1. The summed E-state index contributed by atoms with van der Waals surface area (Å²) in [4.78, 5) is 17.4. The van der Waals surface area contributed by atoms with E-state index in [4.69, 9.17) is 4.74 Å². The van der Waals surface area contributed by atoms with Gasteiger partial charge in [0, 0.05) is 5.92 Å². The zero-order valence-electron chi connectivity index (χ0n) is 13.7. The van der Waals surface area contributed by atoms with Gasteiger partial charge >= 0.3 is 0 Å². The predicted molar refractivity (Wildman–Crippen MR) is 96.8 cm³/mol. The highest BCUT2D eigenvalue weighted by atomic mass is 32.1. The van der Waals surface area contributed by atoms with Gasteiger partial charge in [-0.1, -0.05) is 30.3 Å². The Kier molecular flexibility index (Phi) is 3.98. The Balaban J connectivity index is 1.59. The van der Waals surface area contributed by atoms with Crippen LogP contribution >= 0.6 is 11.3 Å². The van der Waals surface area contributed by atoms with Crippen LogP contribution in [0.25, 0.3) is 10.2 Å². The molecule has 0 bridgehead atoms. The van der Waals surface area contributed by atoms with Crippen LogP contribution < -0.4 is 4.74 Å². The highest BCUT2D eigenvalue weighted by Crippen LogP contribution is 2.52. The molecule has 1 aliphatic carbocycles. The van der Waals surface area contributed by atoms with Gasteiger partial charge in [-0.25, -0.2) is 4.98 Å². The number of hydrogen-bond acceptors (Lipinski definition) is 5. The maximum Gasteiger partial charge on any atom is 0.160 e. The molecule has 1 heterocycles. The molecule has 1 aliphatic rings. The van der Waals surface area contributed by atoms with E-state index in [1.165, 1.54) is 11.3 Å². The number of rotatable bonds is 5. The minimum atomic E-state index is -0.790. The molecule has 0 amide bonds. The Morgan fingerprint density at radius 3 is 2.80 bits per heavy atom. The quantitative estimate of drug-likeness (QED) is 0.690. The average molecular weight is 348 g/mol. The summed E-state index contributed by atoms with van der Waals surface area (Å²) >= 11 is 1.43. The molecule has 0 saturated heterocycles. The molecule has 3 atom stereocenters. The largest absolute Gasteiger partial charge is 0.496 e. The van der Waals surface area contributed by atoms with Gasteiger partial charge in [-0.2, -0.15) is 5.26 Å². The molecule has 4 rings (SSSR count). The minimum Gasteiger partial charge on any atom is -0.496 e. The predicted octanol–water partition coefficient (Wildman–Crippen LogP) is 4.28. The molecule has 1 aromatic heterocycles. The number of benzene rings is 2. The first-order valence-corrected chi connectivity index (χ1v) is 8.96. The van der Waals surface area contributed by atoms with Crippen molar-refractivity contribution in [1.82, 2.24) is 4.98 Å². The first-order valence-electron chi connectivity index (χ1n) is 8.14. The van der Waals surface area contributed by atoms with Crippen LogP contribution in [-0.4, -0.2) is 17.9 Å². The molecule has 0 spiro atoms. The molecule has 0 radical (unpaired) electrons. The summed E-state index contributed by atoms with van der Waals surface area (Å²) < 4.78 is 6.40. The molecule has 4 nitrogen and oxygen atoms in total. The Morgan fingerprint density at radius 1 is 1.28 bits per heavy atom. The zero-order valence-corrected chi connectivity index (χ0v) is 14.5. The van der Waals surface area contributed by atoms with Gasteiger partial charge in [0.25, 0.3) is 0 Å². The van der Waals surface area contributed by atoms with E-state index in [1.807, 2.05) is 48.5 Å². The average Bonchev–Trinajstić information content (AvgIpc) is 3.34. The first kappa shape index (κ1) is 15.8. The summed E-state index contributed by atoms with van der Waals surface area (Å²) in [6, 6.07) is 17.7. The molecule has 5 heteroatoms. The van der Waals surface area contributed by atoms with Crippen LogP contribution in [0.1, 0.15) is 28.8 Å². The lowest BCUT2D eigenvalue weighted by Gasteiger charge is -2.08. The standard InChI is InChI=1S/C20H16N2O2S/c1-24-17-8-4-2-6-12(17)13-10-14(13)19(23)15(11-21)20-22-16-7-3-5-9-18(16)25-20/h2-9,13-15H,10H2,1H3/t13-,14-,15-/m0/s1. The maximum atomic E-state index is 12.9. The fourth-order valence-corrected chi connectivity index (χ4v) is 4.31. The molecule has 0 unspecified atom stereocenters. The van der Waals surface area contributed by atoms with Crippen LogP contribution in [0.3, 0.4) is 0 Å². The van der Waals surface area contributed by atoms with Crippen LogP contribution in [0.2, 0.25) is 0 Å². The molecular formula is C20H16N2O2S. The van der Waals surface area contributed by atoms with Crippen LogP contribution in [0.15, 0.2) is 48.5 Å². The van der Waals surface area contributed by atoms with Crippen LogP contribution in [0, 0.1) is 17.2 Å². The van der Waals surface area contributed by atoms with Crippen molar-refractivity contribution >= 4 is 27.3 Å². The first-order chi connectivity index (χ1) is 12.2. The Morgan fingerprint density at radius 2 is 2.04 bits per heavy atom. The highest BCUT2D eigenvalue weighted by Gasteiger charge is 2.48. The molecule has 1 fully saturated rings. The summed E-state index contributed by atoms with van der Waals surface area (Å²) in [5.74, 6) is -0.0160. The third kappa shape index (κ3) is 2.79. The lowest BCUT2D eigenvalue weighted by atomic mass is 9.99. The van der Waals surface area contributed by atoms with E-state index in [2.05, 4.69) is 11.1 Å². The van der Waals surface area contributed by atoms with Crippen molar-refractivity contribution < 1.29 is 9.53 Å². The van der Waals surface area contributed by atoms with Gasteiger partial charge < -0.3 is 4.74 Å². The minimum absolute atomic E-state index is 0.0301. The van der Waals surface area contributed by atoms with Crippen molar-refractivity contribution in [3.63, 3.8) is 0 Å². The number of methoxy groups -OCH3 is 1. The normalized spacial score (nSPS) is 20.0. The smallest absolute Gasteiger partial charge is 0.160 e. The van der Waals surface area contributed by atoms with Gasteiger partial charge in [-0.15, -0.1) is 11.3 Å². The van der Waals surface area contributed by atoms with Gasteiger partial charge in [0.15, 0.2) is 11.7 Å². The summed E-state index contributed by atoms with van der Waals surface area (Å²) in [5.41, 5.74) is 1.89. The molecule has 0 N–H and O–H groups in total. The number of fused-ring (bicyclic) bond motifs is 1. The molecule has 1 saturated carbocycles. The van der Waals surface area contributed by atoms with Gasteiger partial charge in [0.2, 0.25) is 0 Å². The molecule has 25 heavy (non-hydrogen) atoms. The van der Waals surface area contributed by atoms with E-state index in [9.17, 15) is 10.1 Å². The summed E-state index contributed by atoms with van der Waals surface area (Å²) in [7, 11) is 1.64. The van der Waals surface area contributed by atoms with E-state index in [-0.39, 0.29) is 17.6 Å². The Labute approximate surface area is 149 Å². The second-order valence-electron chi connectivity index (χ2n) is 6.17. The topological polar surface area (TPSA) is 63.0 Å². The third-order valence-electron chi connectivity index (χ3n) is 4.67. The number of nitrogens with zero attached hydrogens (tertiary/aromatic N) is 2. The SMILES string of the molecule is COc1ccccc1[C@@H]1C[C@@H]1C(=O)[C@H](C#N)c1nc2ccccc2s1. The fourth-order valence-electron chi connectivity index (χ4n) is 3.29. The number of aromatic nitrogens is 1.